The van der Waals surface area contributed by atoms with Gasteiger partial charge in [0.25, 0.3) is 0 Å². The molecule has 1 aliphatic heterocycles. The van der Waals surface area contributed by atoms with Crippen molar-refractivity contribution < 1.29 is 9.84 Å². The van der Waals surface area contributed by atoms with Gasteiger partial charge in [-0.15, -0.1) is 0 Å². The maximum absolute atomic E-state index is 9.39. The third-order valence-electron chi connectivity index (χ3n) is 3.10. The van der Waals surface area contributed by atoms with Crippen LogP contribution < -0.4 is 5.73 Å². The van der Waals surface area contributed by atoms with Crippen molar-refractivity contribution in [3.63, 3.8) is 0 Å². The third kappa shape index (κ3) is 4.24. The normalized spacial score (nSPS) is 25.7. The second-order valence-corrected chi connectivity index (χ2v) is 6.85. The molecule has 3 nitrogen and oxygen atoms in total. The first-order valence-corrected chi connectivity index (χ1v) is 7.09. The molecule has 3 unspecified atom stereocenters. The van der Waals surface area contributed by atoms with E-state index in [2.05, 4.69) is 20.8 Å². The first-order valence-electron chi connectivity index (χ1n) is 6.05. The molecule has 3 N–H and O–H groups in total. The number of thioether (sulfide) groups is 1. The first kappa shape index (κ1) is 14.3. The summed E-state index contributed by atoms with van der Waals surface area (Å²) < 4.78 is 5.57. The maximum atomic E-state index is 9.39. The van der Waals surface area contributed by atoms with Crippen LogP contribution in [0.2, 0.25) is 0 Å². The quantitative estimate of drug-likeness (QED) is 0.775. The topological polar surface area (TPSA) is 55.5 Å². The Balaban J connectivity index is 2.36. The molecule has 0 amide bonds. The van der Waals surface area contributed by atoms with Crippen molar-refractivity contribution in [1.29, 1.82) is 0 Å². The summed E-state index contributed by atoms with van der Waals surface area (Å²) in [5.74, 6) is 0.953. The van der Waals surface area contributed by atoms with Crippen molar-refractivity contribution >= 4 is 11.8 Å². The molecule has 1 saturated heterocycles. The predicted octanol–water partition coefficient (Wildman–Crippen LogP) is 1.63. The number of aliphatic hydroxyl groups is 1. The zero-order valence-electron chi connectivity index (χ0n) is 10.6. The van der Waals surface area contributed by atoms with E-state index in [9.17, 15) is 5.11 Å². The fourth-order valence-electron chi connectivity index (χ4n) is 1.83. The first-order chi connectivity index (χ1) is 7.45. The van der Waals surface area contributed by atoms with Crippen LogP contribution in [0, 0.1) is 5.41 Å². The lowest BCUT2D eigenvalue weighted by molar-refractivity contribution is 0.128. The summed E-state index contributed by atoms with van der Waals surface area (Å²) in [6, 6.07) is 0.0175. The van der Waals surface area contributed by atoms with E-state index in [1.165, 1.54) is 6.42 Å². The average Bonchev–Trinajstić information content (AvgIpc) is 2.69. The fraction of sp³-hybridized carbons (Fsp3) is 1.00. The molecule has 16 heavy (non-hydrogen) atoms. The lowest BCUT2D eigenvalue weighted by atomic mass is 9.85. The molecule has 0 bridgehead atoms. The highest BCUT2D eigenvalue weighted by Gasteiger charge is 2.29. The maximum Gasteiger partial charge on any atom is 0.0666 e. The molecule has 4 heteroatoms. The van der Waals surface area contributed by atoms with Crippen LogP contribution in [0.15, 0.2) is 0 Å². The van der Waals surface area contributed by atoms with E-state index in [4.69, 9.17) is 10.5 Å². The highest BCUT2D eigenvalue weighted by atomic mass is 32.2. The number of nitrogens with two attached hydrogens (primary N) is 1. The largest absolute Gasteiger partial charge is 0.395 e. The Bertz CT molecular complexity index is 200. The van der Waals surface area contributed by atoms with Gasteiger partial charge in [0.2, 0.25) is 0 Å². The average molecular weight is 247 g/mol. The van der Waals surface area contributed by atoms with E-state index >= 15 is 0 Å². The molecule has 0 aliphatic carbocycles. The Kier molecular flexibility index (Phi) is 5.57. The number of hydrogen-bond donors (Lipinski definition) is 2. The molecule has 1 rings (SSSR count). The lowest BCUT2D eigenvalue weighted by Crippen LogP contribution is -2.45. The van der Waals surface area contributed by atoms with E-state index in [1.54, 1.807) is 11.8 Å². The molecule has 0 saturated carbocycles. The van der Waals surface area contributed by atoms with Crippen LogP contribution in [0.5, 0.6) is 0 Å². The smallest absolute Gasteiger partial charge is 0.0666 e. The zero-order valence-corrected chi connectivity index (χ0v) is 11.4. The second-order valence-electron chi connectivity index (χ2n) is 5.58. The van der Waals surface area contributed by atoms with Crippen molar-refractivity contribution in [1.82, 2.24) is 0 Å². The van der Waals surface area contributed by atoms with Gasteiger partial charge in [0, 0.05) is 23.7 Å². The molecule has 1 fully saturated rings. The highest BCUT2D eigenvalue weighted by molar-refractivity contribution is 8.00. The van der Waals surface area contributed by atoms with Crippen molar-refractivity contribution in [2.75, 3.05) is 19.0 Å². The molecule has 3 atom stereocenters. The van der Waals surface area contributed by atoms with Crippen molar-refractivity contribution in [3.8, 4) is 0 Å². The summed E-state index contributed by atoms with van der Waals surface area (Å²) in [5, 5.41) is 9.51. The second kappa shape index (κ2) is 6.24. The Morgan fingerprint density at radius 1 is 1.50 bits per heavy atom. The zero-order chi connectivity index (χ0) is 12.2. The minimum absolute atomic E-state index is 0.0175. The van der Waals surface area contributed by atoms with Crippen LogP contribution in [0.3, 0.4) is 0 Å². The van der Waals surface area contributed by atoms with Crippen LogP contribution in [0.1, 0.15) is 33.6 Å². The van der Waals surface area contributed by atoms with Crippen molar-refractivity contribution in [2.45, 2.75) is 51.0 Å². The summed E-state index contributed by atoms with van der Waals surface area (Å²) in [5.41, 5.74) is 6.21. The van der Waals surface area contributed by atoms with Crippen molar-refractivity contribution in [2.24, 2.45) is 11.1 Å². The fourth-order valence-corrected chi connectivity index (χ4v) is 3.28. The van der Waals surface area contributed by atoms with Gasteiger partial charge in [-0.1, -0.05) is 20.8 Å². The van der Waals surface area contributed by atoms with E-state index in [1.807, 2.05) is 0 Å². The van der Waals surface area contributed by atoms with E-state index in [0.717, 1.165) is 18.8 Å². The van der Waals surface area contributed by atoms with Gasteiger partial charge in [-0.3, -0.25) is 0 Å². The lowest BCUT2D eigenvalue weighted by Gasteiger charge is -2.33. The molecule has 96 valence electrons. The number of hydrogen-bond acceptors (Lipinski definition) is 4. The molecular weight excluding hydrogens is 222 g/mol. The molecule has 0 aromatic rings. The molecular formula is C12H25NO2S. The van der Waals surface area contributed by atoms with Crippen molar-refractivity contribution in [3.05, 3.63) is 0 Å². The predicted molar refractivity (Wildman–Crippen MR) is 69.7 cm³/mol. The van der Waals surface area contributed by atoms with E-state index in [0.29, 0.717) is 6.10 Å². The molecule has 0 aromatic carbocycles. The standard InChI is InChI=1S/C12H25NO2S/c1-12(2,3)11(13)10(7-14)16-8-9-5-4-6-15-9/h9-11,14H,4-8,13H2,1-3H3. The van der Waals surface area contributed by atoms with Gasteiger partial charge in [0.15, 0.2) is 0 Å². The van der Waals surface area contributed by atoms with Gasteiger partial charge in [0.1, 0.15) is 0 Å². The van der Waals surface area contributed by atoms with Gasteiger partial charge in [-0.05, 0) is 18.3 Å². The summed E-state index contributed by atoms with van der Waals surface area (Å²) in [7, 11) is 0. The van der Waals surface area contributed by atoms with Gasteiger partial charge < -0.3 is 15.6 Å². The Hall–Kier alpha value is 0.230. The van der Waals surface area contributed by atoms with Crippen LogP contribution in [0.25, 0.3) is 0 Å². The van der Waals surface area contributed by atoms with Gasteiger partial charge in [0.05, 0.1) is 12.7 Å². The highest BCUT2D eigenvalue weighted by Crippen LogP contribution is 2.28. The molecule has 1 aliphatic rings. The number of aliphatic hydroxyl groups excluding tert-OH is 1. The molecule has 1 heterocycles. The Morgan fingerprint density at radius 2 is 2.19 bits per heavy atom. The monoisotopic (exact) mass is 247 g/mol. The summed E-state index contributed by atoms with van der Waals surface area (Å²) in [6.45, 7) is 7.39. The Morgan fingerprint density at radius 3 is 2.62 bits per heavy atom. The third-order valence-corrected chi connectivity index (χ3v) is 4.54. The van der Waals surface area contributed by atoms with E-state index in [-0.39, 0.29) is 23.3 Å². The van der Waals surface area contributed by atoms with Crippen LogP contribution in [-0.2, 0) is 4.74 Å². The summed E-state index contributed by atoms with van der Waals surface area (Å²) in [4.78, 5) is 0. The van der Waals surface area contributed by atoms with E-state index < -0.39 is 0 Å². The Labute approximate surface area is 103 Å². The summed E-state index contributed by atoms with van der Waals surface area (Å²) >= 11 is 1.75. The van der Waals surface area contributed by atoms with Crippen LogP contribution >= 0.6 is 11.8 Å². The minimum atomic E-state index is 0.0175. The van der Waals surface area contributed by atoms with Crippen LogP contribution in [-0.4, -0.2) is 41.5 Å². The minimum Gasteiger partial charge on any atom is -0.395 e. The van der Waals surface area contributed by atoms with Crippen LogP contribution in [0.4, 0.5) is 0 Å². The molecule has 0 spiro atoms. The number of ether oxygens (including phenoxy) is 1. The van der Waals surface area contributed by atoms with Gasteiger partial charge in [-0.2, -0.15) is 11.8 Å². The molecule has 0 aromatic heterocycles. The SMILES string of the molecule is CC(C)(C)C(N)C(CO)SCC1CCCO1. The molecule has 0 radical (unpaired) electrons. The van der Waals surface area contributed by atoms with Gasteiger partial charge >= 0.3 is 0 Å². The van der Waals surface area contributed by atoms with Gasteiger partial charge in [-0.25, -0.2) is 0 Å². The number of rotatable bonds is 5. The summed E-state index contributed by atoms with van der Waals surface area (Å²) in [6.07, 6.45) is 2.68.